The Morgan fingerprint density at radius 3 is 2.38 bits per heavy atom. The van der Waals surface area contributed by atoms with Crippen LogP contribution in [0.15, 0.2) is 34.3 Å². The first-order chi connectivity index (χ1) is 12.4. The fraction of sp³-hybridized carbons (Fsp3) is 0.467. The van der Waals surface area contributed by atoms with Crippen molar-refractivity contribution in [3.8, 4) is 0 Å². The largest absolute Gasteiger partial charge is 0.339 e. The number of amides is 1. The summed E-state index contributed by atoms with van der Waals surface area (Å²) in [4.78, 5) is 14.3. The van der Waals surface area contributed by atoms with Crippen LogP contribution in [0, 0.1) is 6.92 Å². The Bertz CT molecular complexity index is 873. The Hall–Kier alpha value is -1.98. The maximum absolute atomic E-state index is 12.7. The number of carbonyl (C=O) groups excluding carboxylic acids is 1. The first-order valence-corrected chi connectivity index (χ1v) is 10.5. The number of tetrazole rings is 1. The van der Waals surface area contributed by atoms with Gasteiger partial charge in [0.1, 0.15) is 0 Å². The topological polar surface area (TPSA) is 101 Å². The molecule has 0 atom stereocenters. The molecule has 140 valence electrons. The number of hydrogen-bond acceptors (Lipinski definition) is 7. The molecular weight excluding hydrogens is 376 g/mol. The molecule has 1 amide bonds. The van der Waals surface area contributed by atoms with Gasteiger partial charge in [0.25, 0.3) is 0 Å². The number of benzene rings is 1. The van der Waals surface area contributed by atoms with Gasteiger partial charge in [-0.25, -0.2) is 13.1 Å². The number of aryl methyl sites for hydroxylation is 2. The Morgan fingerprint density at radius 2 is 1.81 bits per heavy atom. The van der Waals surface area contributed by atoms with Crippen LogP contribution in [0.25, 0.3) is 0 Å². The molecule has 3 rings (SSSR count). The second-order valence-corrected chi connectivity index (χ2v) is 8.85. The number of rotatable bonds is 5. The third-order valence-corrected chi connectivity index (χ3v) is 7.06. The van der Waals surface area contributed by atoms with Crippen LogP contribution < -0.4 is 0 Å². The molecule has 1 aromatic heterocycles. The molecule has 1 aliphatic rings. The first-order valence-electron chi connectivity index (χ1n) is 8.07. The fourth-order valence-electron chi connectivity index (χ4n) is 2.60. The summed E-state index contributed by atoms with van der Waals surface area (Å²) in [6.45, 7) is 3.25. The number of hydrogen-bond donors (Lipinski definition) is 0. The Balaban J connectivity index is 1.55. The van der Waals surface area contributed by atoms with Crippen molar-refractivity contribution < 1.29 is 13.2 Å². The molecule has 11 heteroatoms. The standard InChI is InChI=1S/C15H20N6O3S2/c1-12-3-5-13(6-4-12)26(23,24)21-9-7-20(8-10-21)14(22)11-25-15-16-17-18-19(15)2/h3-6H,7-11H2,1-2H3. The number of aromatic nitrogens is 4. The average molecular weight is 396 g/mol. The van der Waals surface area contributed by atoms with Gasteiger partial charge in [-0.1, -0.05) is 29.5 Å². The highest BCUT2D eigenvalue weighted by molar-refractivity contribution is 7.99. The highest BCUT2D eigenvalue weighted by atomic mass is 32.2. The number of thioether (sulfide) groups is 1. The maximum atomic E-state index is 12.7. The molecule has 2 aromatic rings. The van der Waals surface area contributed by atoms with Crippen LogP contribution in [0.3, 0.4) is 0 Å². The van der Waals surface area contributed by atoms with Gasteiger partial charge in [0, 0.05) is 33.2 Å². The van der Waals surface area contributed by atoms with Crippen LogP contribution in [0.2, 0.25) is 0 Å². The van der Waals surface area contributed by atoms with Crippen molar-refractivity contribution in [2.75, 3.05) is 31.9 Å². The zero-order valence-electron chi connectivity index (χ0n) is 14.6. The van der Waals surface area contributed by atoms with Crippen LogP contribution in [0.5, 0.6) is 0 Å². The summed E-state index contributed by atoms with van der Waals surface area (Å²) in [6, 6.07) is 6.80. The Kier molecular flexibility index (Phi) is 5.58. The lowest BCUT2D eigenvalue weighted by molar-refractivity contribution is -0.129. The van der Waals surface area contributed by atoms with Gasteiger partial charge >= 0.3 is 0 Å². The highest BCUT2D eigenvalue weighted by Gasteiger charge is 2.30. The van der Waals surface area contributed by atoms with Gasteiger partial charge in [-0.15, -0.1) is 5.10 Å². The molecule has 1 aliphatic heterocycles. The zero-order chi connectivity index (χ0) is 18.7. The minimum absolute atomic E-state index is 0.0506. The third-order valence-electron chi connectivity index (χ3n) is 4.16. The minimum Gasteiger partial charge on any atom is -0.339 e. The first kappa shape index (κ1) is 18.8. The van der Waals surface area contributed by atoms with Crippen molar-refractivity contribution in [3.05, 3.63) is 29.8 Å². The molecule has 0 spiro atoms. The molecule has 9 nitrogen and oxygen atoms in total. The summed E-state index contributed by atoms with van der Waals surface area (Å²) in [5, 5.41) is 11.6. The third kappa shape index (κ3) is 4.05. The smallest absolute Gasteiger partial charge is 0.243 e. The molecule has 1 aromatic carbocycles. The fourth-order valence-corrected chi connectivity index (χ4v) is 4.77. The lowest BCUT2D eigenvalue weighted by atomic mass is 10.2. The van der Waals surface area contributed by atoms with Crippen LogP contribution in [-0.4, -0.2) is 75.7 Å². The molecule has 0 bridgehead atoms. The average Bonchev–Trinajstić information content (AvgIpc) is 3.05. The summed E-state index contributed by atoms with van der Waals surface area (Å²) >= 11 is 1.26. The minimum atomic E-state index is -3.52. The second kappa shape index (κ2) is 7.72. The van der Waals surface area contributed by atoms with Crippen molar-refractivity contribution in [2.45, 2.75) is 17.0 Å². The van der Waals surface area contributed by atoms with Crippen molar-refractivity contribution in [2.24, 2.45) is 7.05 Å². The van der Waals surface area contributed by atoms with E-state index >= 15 is 0 Å². The summed E-state index contributed by atoms with van der Waals surface area (Å²) in [5.41, 5.74) is 1.01. The highest BCUT2D eigenvalue weighted by Crippen LogP contribution is 2.19. The molecule has 0 radical (unpaired) electrons. The number of sulfonamides is 1. The maximum Gasteiger partial charge on any atom is 0.243 e. The van der Waals surface area contributed by atoms with Crippen molar-refractivity contribution in [3.63, 3.8) is 0 Å². The van der Waals surface area contributed by atoms with E-state index in [0.717, 1.165) is 5.56 Å². The molecule has 26 heavy (non-hydrogen) atoms. The Labute approximate surface area is 156 Å². The lowest BCUT2D eigenvalue weighted by Gasteiger charge is -2.34. The molecular formula is C15H20N6O3S2. The van der Waals surface area contributed by atoms with E-state index in [1.165, 1.54) is 20.7 Å². The predicted octanol–water partition coefficient (Wildman–Crippen LogP) is 0.144. The van der Waals surface area contributed by atoms with E-state index in [9.17, 15) is 13.2 Å². The SMILES string of the molecule is Cc1ccc(S(=O)(=O)N2CCN(C(=O)CSc3nnnn3C)CC2)cc1. The van der Waals surface area contributed by atoms with Gasteiger partial charge in [-0.3, -0.25) is 4.79 Å². The van der Waals surface area contributed by atoms with E-state index in [1.54, 1.807) is 36.2 Å². The molecule has 0 N–H and O–H groups in total. The van der Waals surface area contributed by atoms with Crippen LogP contribution in [0.1, 0.15) is 5.56 Å². The second-order valence-electron chi connectivity index (χ2n) is 5.97. The molecule has 1 saturated heterocycles. The van der Waals surface area contributed by atoms with E-state index in [2.05, 4.69) is 15.5 Å². The van der Waals surface area contributed by atoms with Gasteiger partial charge in [0.05, 0.1) is 10.6 Å². The van der Waals surface area contributed by atoms with Crippen LogP contribution >= 0.6 is 11.8 Å². The van der Waals surface area contributed by atoms with E-state index in [1.807, 2.05) is 6.92 Å². The normalized spacial score (nSPS) is 16.0. The quantitative estimate of drug-likeness (QED) is 0.663. The van der Waals surface area contributed by atoms with Crippen LogP contribution in [-0.2, 0) is 21.9 Å². The van der Waals surface area contributed by atoms with Gasteiger partial charge in [0.15, 0.2) is 0 Å². The molecule has 2 heterocycles. The van der Waals surface area contributed by atoms with Gasteiger partial charge in [-0.2, -0.15) is 4.31 Å². The number of carbonyl (C=O) groups is 1. The van der Waals surface area contributed by atoms with E-state index < -0.39 is 10.0 Å². The van der Waals surface area contributed by atoms with E-state index in [0.29, 0.717) is 18.2 Å². The van der Waals surface area contributed by atoms with Gasteiger partial charge < -0.3 is 4.90 Å². The monoisotopic (exact) mass is 396 g/mol. The van der Waals surface area contributed by atoms with Gasteiger partial charge in [0.2, 0.25) is 21.1 Å². The number of piperazine rings is 1. The lowest BCUT2D eigenvalue weighted by Crippen LogP contribution is -2.50. The molecule has 1 fully saturated rings. The zero-order valence-corrected chi connectivity index (χ0v) is 16.2. The van der Waals surface area contributed by atoms with Crippen molar-refractivity contribution >= 4 is 27.7 Å². The van der Waals surface area contributed by atoms with Gasteiger partial charge in [-0.05, 0) is 29.5 Å². The van der Waals surface area contributed by atoms with E-state index in [4.69, 9.17) is 0 Å². The summed E-state index contributed by atoms with van der Waals surface area (Å²) < 4.78 is 28.3. The summed E-state index contributed by atoms with van der Waals surface area (Å²) in [6.07, 6.45) is 0. The summed E-state index contributed by atoms with van der Waals surface area (Å²) in [7, 11) is -1.81. The van der Waals surface area contributed by atoms with Crippen molar-refractivity contribution in [1.82, 2.24) is 29.4 Å². The Morgan fingerprint density at radius 1 is 1.15 bits per heavy atom. The van der Waals surface area contributed by atoms with Crippen LogP contribution in [0.4, 0.5) is 0 Å². The number of nitrogens with zero attached hydrogens (tertiary/aromatic N) is 6. The molecule has 0 unspecified atom stereocenters. The van der Waals surface area contributed by atoms with Crippen molar-refractivity contribution in [1.29, 1.82) is 0 Å². The molecule has 0 saturated carbocycles. The summed E-state index contributed by atoms with van der Waals surface area (Å²) in [5.74, 6) is 0.171. The predicted molar refractivity (Wildman–Crippen MR) is 96.0 cm³/mol. The molecule has 0 aliphatic carbocycles. The van der Waals surface area contributed by atoms with E-state index in [-0.39, 0.29) is 29.6 Å².